The Kier molecular flexibility index (Phi) is 6.14. The van der Waals surface area contributed by atoms with Crippen LogP contribution in [0.2, 0.25) is 0 Å². The van der Waals surface area contributed by atoms with Gasteiger partial charge in [0, 0.05) is 12.5 Å². The third kappa shape index (κ3) is 4.81. The number of ketones is 1. The summed E-state index contributed by atoms with van der Waals surface area (Å²) in [5, 5.41) is 11.7. The molecule has 3 rings (SSSR count). The van der Waals surface area contributed by atoms with Crippen molar-refractivity contribution < 1.29 is 14.3 Å². The van der Waals surface area contributed by atoms with Crippen LogP contribution in [0.4, 0.5) is 5.13 Å². The molecule has 0 fully saturated rings. The van der Waals surface area contributed by atoms with Crippen molar-refractivity contribution >= 4 is 28.2 Å². The van der Waals surface area contributed by atoms with Crippen LogP contribution in [0.25, 0.3) is 11.3 Å². The van der Waals surface area contributed by atoms with E-state index >= 15 is 0 Å². The number of nitrogens with one attached hydrogen (secondary N) is 1. The van der Waals surface area contributed by atoms with E-state index in [0.717, 1.165) is 22.5 Å². The summed E-state index contributed by atoms with van der Waals surface area (Å²) in [7, 11) is 0. The van der Waals surface area contributed by atoms with E-state index in [-0.39, 0.29) is 18.3 Å². The molecule has 0 radical (unpaired) electrons. The molecule has 0 saturated carbocycles. The summed E-state index contributed by atoms with van der Waals surface area (Å²) in [4.78, 5) is 29.0. The van der Waals surface area contributed by atoms with Crippen LogP contribution >= 0.6 is 11.3 Å². The minimum atomic E-state index is -0.371. The first-order valence-corrected chi connectivity index (χ1v) is 9.34. The molecular weight excluding hydrogens is 374 g/mol. The van der Waals surface area contributed by atoms with Crippen molar-refractivity contribution in [2.45, 2.75) is 13.3 Å². The predicted octanol–water partition coefficient (Wildman–Crippen LogP) is 4.10. The number of carbonyl (C=O) groups excluding carboxylic acids is 2. The standard InChI is InChI=1S/C21H17N3O3S/c1-14(25)20-19(16-5-3-2-4-6-16)24-21(28-20)23-18(26)13-27-17-9-7-15(8-10-17)11-12-22/h2-10H,11,13H2,1H3,(H,23,24,26). The lowest BCUT2D eigenvalue weighted by molar-refractivity contribution is -0.118. The molecule has 0 aliphatic rings. The summed E-state index contributed by atoms with van der Waals surface area (Å²) < 4.78 is 5.46. The third-order valence-electron chi connectivity index (χ3n) is 3.82. The lowest BCUT2D eigenvalue weighted by Crippen LogP contribution is -2.20. The van der Waals surface area contributed by atoms with E-state index in [1.165, 1.54) is 6.92 Å². The second-order valence-corrected chi connectivity index (χ2v) is 6.93. The Hall–Kier alpha value is -3.50. The molecule has 1 N–H and O–H groups in total. The van der Waals surface area contributed by atoms with Gasteiger partial charge in [0.05, 0.1) is 23.1 Å². The van der Waals surface area contributed by atoms with Crippen LogP contribution in [0.15, 0.2) is 54.6 Å². The van der Waals surface area contributed by atoms with Gasteiger partial charge in [0.25, 0.3) is 5.91 Å². The normalized spacial score (nSPS) is 10.1. The van der Waals surface area contributed by atoms with Crippen molar-refractivity contribution in [1.29, 1.82) is 5.26 Å². The highest BCUT2D eigenvalue weighted by atomic mass is 32.1. The smallest absolute Gasteiger partial charge is 0.264 e. The van der Waals surface area contributed by atoms with Gasteiger partial charge < -0.3 is 4.74 Å². The highest BCUT2D eigenvalue weighted by molar-refractivity contribution is 7.18. The van der Waals surface area contributed by atoms with Gasteiger partial charge >= 0.3 is 0 Å². The first kappa shape index (κ1) is 19.3. The maximum atomic E-state index is 12.2. The van der Waals surface area contributed by atoms with Crippen LogP contribution in [-0.2, 0) is 11.2 Å². The van der Waals surface area contributed by atoms with Crippen LogP contribution in [0, 0.1) is 11.3 Å². The fraction of sp³-hybridized carbons (Fsp3) is 0.143. The van der Waals surface area contributed by atoms with Gasteiger partial charge in [-0.25, -0.2) is 4.98 Å². The van der Waals surface area contributed by atoms with E-state index in [4.69, 9.17) is 10.00 Å². The summed E-state index contributed by atoms with van der Waals surface area (Å²) in [5.74, 6) is 0.0560. The molecule has 0 aliphatic heterocycles. The van der Waals surface area contributed by atoms with Crippen LogP contribution in [-0.4, -0.2) is 23.3 Å². The topological polar surface area (TPSA) is 92.1 Å². The summed E-state index contributed by atoms with van der Waals surface area (Å²) >= 11 is 1.14. The molecular formula is C21H17N3O3S. The Labute approximate surface area is 166 Å². The van der Waals surface area contributed by atoms with Gasteiger partial charge in [-0.2, -0.15) is 5.26 Å². The van der Waals surface area contributed by atoms with Crippen LogP contribution in [0.3, 0.4) is 0 Å². The Bertz CT molecular complexity index is 1020. The van der Waals surface area contributed by atoms with Gasteiger partial charge in [-0.1, -0.05) is 53.8 Å². The lowest BCUT2D eigenvalue weighted by atomic mass is 10.1. The molecule has 0 aliphatic carbocycles. The summed E-state index contributed by atoms with van der Waals surface area (Å²) in [6, 6.07) is 18.4. The molecule has 2 aromatic carbocycles. The van der Waals surface area contributed by atoms with Crippen molar-refractivity contribution in [3.63, 3.8) is 0 Å². The molecule has 0 atom stereocenters. The zero-order valence-electron chi connectivity index (χ0n) is 15.1. The SMILES string of the molecule is CC(=O)c1sc(NC(=O)COc2ccc(CC#N)cc2)nc1-c1ccccc1. The van der Waals surface area contributed by atoms with Crippen molar-refractivity contribution in [3.05, 3.63) is 65.0 Å². The van der Waals surface area contributed by atoms with Crippen LogP contribution < -0.4 is 10.1 Å². The fourth-order valence-corrected chi connectivity index (χ4v) is 3.40. The molecule has 6 nitrogen and oxygen atoms in total. The maximum absolute atomic E-state index is 12.2. The number of rotatable bonds is 7. The Morgan fingerprint density at radius 1 is 1.14 bits per heavy atom. The highest BCUT2D eigenvalue weighted by Gasteiger charge is 2.18. The number of thiazole rings is 1. The molecule has 28 heavy (non-hydrogen) atoms. The monoisotopic (exact) mass is 391 g/mol. The molecule has 3 aromatic rings. The maximum Gasteiger partial charge on any atom is 0.264 e. The quantitative estimate of drug-likeness (QED) is 0.612. The van der Waals surface area contributed by atoms with E-state index in [2.05, 4.69) is 16.4 Å². The summed E-state index contributed by atoms with van der Waals surface area (Å²) in [6.07, 6.45) is 0.326. The largest absolute Gasteiger partial charge is 0.484 e. The van der Waals surface area contributed by atoms with E-state index in [1.54, 1.807) is 24.3 Å². The first-order valence-electron chi connectivity index (χ1n) is 8.52. The van der Waals surface area contributed by atoms with Gasteiger partial charge in [0.1, 0.15) is 5.75 Å². The summed E-state index contributed by atoms with van der Waals surface area (Å²) in [6.45, 7) is 1.29. The minimum Gasteiger partial charge on any atom is -0.484 e. The van der Waals surface area contributed by atoms with Crippen molar-refractivity contribution in [2.75, 3.05) is 11.9 Å². The van der Waals surface area contributed by atoms with Gasteiger partial charge in [-0.15, -0.1) is 0 Å². The van der Waals surface area contributed by atoms with Crippen LogP contribution in [0.5, 0.6) is 5.75 Å². The molecule has 7 heteroatoms. The van der Waals surface area contributed by atoms with E-state index in [9.17, 15) is 9.59 Å². The van der Waals surface area contributed by atoms with E-state index < -0.39 is 0 Å². The Morgan fingerprint density at radius 2 is 1.86 bits per heavy atom. The molecule has 0 bridgehead atoms. The number of hydrogen-bond donors (Lipinski definition) is 1. The van der Waals surface area contributed by atoms with Gasteiger partial charge in [0.15, 0.2) is 17.5 Å². The highest BCUT2D eigenvalue weighted by Crippen LogP contribution is 2.31. The lowest BCUT2D eigenvalue weighted by Gasteiger charge is -2.06. The van der Waals surface area contributed by atoms with E-state index in [0.29, 0.717) is 27.9 Å². The van der Waals surface area contributed by atoms with Gasteiger partial charge in [0.2, 0.25) is 0 Å². The average molecular weight is 391 g/mol. The fourth-order valence-electron chi connectivity index (χ4n) is 2.50. The molecule has 1 heterocycles. The predicted molar refractivity (Wildman–Crippen MR) is 107 cm³/mol. The third-order valence-corrected chi connectivity index (χ3v) is 4.89. The number of aromatic nitrogens is 1. The molecule has 1 amide bonds. The van der Waals surface area contributed by atoms with Crippen molar-refractivity contribution in [1.82, 2.24) is 4.98 Å². The zero-order chi connectivity index (χ0) is 19.9. The second-order valence-electron chi connectivity index (χ2n) is 5.93. The minimum absolute atomic E-state index is 0.106. The first-order chi connectivity index (χ1) is 13.6. The molecule has 0 spiro atoms. The van der Waals surface area contributed by atoms with Crippen molar-refractivity contribution in [2.24, 2.45) is 0 Å². The van der Waals surface area contributed by atoms with Crippen LogP contribution in [0.1, 0.15) is 22.2 Å². The number of ether oxygens (including phenoxy) is 1. The van der Waals surface area contributed by atoms with Crippen molar-refractivity contribution in [3.8, 4) is 23.1 Å². The number of anilines is 1. The molecule has 0 saturated heterocycles. The Morgan fingerprint density at radius 3 is 2.50 bits per heavy atom. The number of benzene rings is 2. The number of nitriles is 1. The number of carbonyl (C=O) groups is 2. The molecule has 140 valence electrons. The average Bonchev–Trinajstić information content (AvgIpc) is 3.12. The summed E-state index contributed by atoms with van der Waals surface area (Å²) in [5.41, 5.74) is 2.26. The second kappa shape index (κ2) is 8.93. The number of amides is 1. The van der Waals surface area contributed by atoms with Gasteiger partial charge in [-0.3, -0.25) is 14.9 Å². The van der Waals surface area contributed by atoms with Gasteiger partial charge in [-0.05, 0) is 17.7 Å². The number of nitrogens with zero attached hydrogens (tertiary/aromatic N) is 2. The number of Topliss-reactive ketones (excluding diaryl/α,β-unsaturated/α-hetero) is 1. The molecule has 1 aromatic heterocycles. The number of hydrogen-bond acceptors (Lipinski definition) is 6. The Balaban J connectivity index is 1.65. The van der Waals surface area contributed by atoms with E-state index in [1.807, 2.05) is 30.3 Å². The zero-order valence-corrected chi connectivity index (χ0v) is 16.0. The molecule has 0 unspecified atom stereocenters.